The number of aliphatic hydroxyl groups excluding tert-OH is 1. The molecule has 132 valence electrons. The number of hydrogen-bond acceptors (Lipinski definition) is 4. The first-order valence-corrected chi connectivity index (χ1v) is 8.58. The largest absolute Gasteiger partial charge is 0.369 e. The molecule has 0 saturated carbocycles. The first-order valence-electron chi connectivity index (χ1n) is 8.20. The van der Waals surface area contributed by atoms with E-state index in [0.29, 0.717) is 6.42 Å². The molecule has 1 amide bonds. The van der Waals surface area contributed by atoms with Crippen LogP contribution in [0.3, 0.4) is 0 Å². The van der Waals surface area contributed by atoms with Crippen molar-refractivity contribution in [3.8, 4) is 0 Å². The number of pyridine rings is 2. The van der Waals surface area contributed by atoms with Gasteiger partial charge in [-0.25, -0.2) is 0 Å². The van der Waals surface area contributed by atoms with Crippen LogP contribution in [-0.4, -0.2) is 32.0 Å². The number of amides is 1. The average molecular weight is 370 g/mol. The lowest BCUT2D eigenvalue weighted by molar-refractivity contribution is 0.0182. The summed E-state index contributed by atoms with van der Waals surface area (Å²) in [5, 5.41) is 11.4. The summed E-state index contributed by atoms with van der Waals surface area (Å²) >= 11 is 6.07. The molecule has 1 aliphatic heterocycles. The molecular formula is C19H16ClN3O3. The highest BCUT2D eigenvalue weighted by Gasteiger charge is 2.38. The summed E-state index contributed by atoms with van der Waals surface area (Å²) in [6, 6.07) is 11.7. The number of carbonyl (C=O) groups is 1. The minimum absolute atomic E-state index is 0.114. The van der Waals surface area contributed by atoms with Gasteiger partial charge in [-0.15, -0.1) is 0 Å². The van der Waals surface area contributed by atoms with Crippen molar-refractivity contribution in [1.29, 1.82) is 0 Å². The van der Waals surface area contributed by atoms with Crippen molar-refractivity contribution in [2.24, 2.45) is 7.05 Å². The van der Waals surface area contributed by atoms with Crippen molar-refractivity contribution >= 4 is 28.4 Å². The lowest BCUT2D eigenvalue weighted by atomic mass is 10.1. The Morgan fingerprint density at radius 3 is 2.77 bits per heavy atom. The van der Waals surface area contributed by atoms with Crippen LogP contribution in [0.5, 0.6) is 0 Å². The zero-order valence-electron chi connectivity index (χ0n) is 14.0. The van der Waals surface area contributed by atoms with Gasteiger partial charge in [0, 0.05) is 42.9 Å². The van der Waals surface area contributed by atoms with E-state index in [9.17, 15) is 14.7 Å². The molecule has 0 saturated heterocycles. The maximum Gasteiger partial charge on any atom is 0.269 e. The number of rotatable bonds is 3. The molecule has 0 fully saturated rings. The van der Waals surface area contributed by atoms with Crippen LogP contribution in [0.1, 0.15) is 27.8 Å². The third-order valence-electron chi connectivity index (χ3n) is 4.67. The Morgan fingerprint density at radius 1 is 1.19 bits per heavy atom. The van der Waals surface area contributed by atoms with Crippen LogP contribution in [0.2, 0.25) is 5.02 Å². The first kappa shape index (κ1) is 16.8. The van der Waals surface area contributed by atoms with E-state index < -0.39 is 11.8 Å². The van der Waals surface area contributed by atoms with E-state index in [1.54, 1.807) is 0 Å². The van der Waals surface area contributed by atoms with E-state index in [2.05, 4.69) is 4.98 Å². The number of aryl methyl sites for hydroxylation is 1. The van der Waals surface area contributed by atoms with Gasteiger partial charge in [0.25, 0.3) is 11.5 Å². The van der Waals surface area contributed by atoms with Crippen molar-refractivity contribution in [2.75, 3.05) is 6.54 Å². The Kier molecular flexibility index (Phi) is 4.01. The van der Waals surface area contributed by atoms with Gasteiger partial charge in [0.2, 0.25) is 0 Å². The molecule has 0 radical (unpaired) electrons. The lowest BCUT2D eigenvalue weighted by Gasteiger charge is -2.20. The normalized spacial score (nSPS) is 16.3. The number of para-hydroxylation sites is 1. The number of aromatic nitrogens is 2. The van der Waals surface area contributed by atoms with Crippen LogP contribution in [0.4, 0.5) is 0 Å². The highest BCUT2D eigenvalue weighted by atomic mass is 35.5. The third kappa shape index (κ3) is 2.58. The molecule has 1 aliphatic rings. The standard InChI is InChI=1S/C19H16ClN3O3/c1-22-10-13-15(16(20)19(22)26)18(25)23(17(13)24)9-8-12-7-6-11-4-2-3-5-14(11)21-12/h2-7,10,18,25H,8-9H2,1H3. The summed E-state index contributed by atoms with van der Waals surface area (Å²) in [4.78, 5) is 30.5. The number of fused-ring (bicyclic) bond motifs is 2. The second-order valence-corrected chi connectivity index (χ2v) is 6.68. The molecule has 6 nitrogen and oxygen atoms in total. The zero-order valence-corrected chi connectivity index (χ0v) is 14.8. The van der Waals surface area contributed by atoms with E-state index in [4.69, 9.17) is 11.6 Å². The number of nitrogens with zero attached hydrogens (tertiary/aromatic N) is 3. The molecule has 1 atom stereocenters. The van der Waals surface area contributed by atoms with Crippen LogP contribution in [0.25, 0.3) is 10.9 Å². The van der Waals surface area contributed by atoms with Gasteiger partial charge in [0.1, 0.15) is 5.02 Å². The zero-order chi connectivity index (χ0) is 18.4. The Morgan fingerprint density at radius 2 is 1.96 bits per heavy atom. The molecule has 1 N–H and O–H groups in total. The van der Waals surface area contributed by atoms with Gasteiger partial charge < -0.3 is 14.6 Å². The van der Waals surface area contributed by atoms with E-state index in [0.717, 1.165) is 16.6 Å². The lowest BCUT2D eigenvalue weighted by Crippen LogP contribution is -2.30. The highest BCUT2D eigenvalue weighted by molar-refractivity contribution is 6.32. The summed E-state index contributed by atoms with van der Waals surface area (Å²) in [6.07, 6.45) is 0.679. The molecule has 1 aromatic carbocycles. The van der Waals surface area contributed by atoms with Crippen molar-refractivity contribution < 1.29 is 9.90 Å². The van der Waals surface area contributed by atoms with E-state index in [1.165, 1.54) is 22.7 Å². The van der Waals surface area contributed by atoms with Gasteiger partial charge in [-0.05, 0) is 12.1 Å². The van der Waals surface area contributed by atoms with Crippen molar-refractivity contribution in [1.82, 2.24) is 14.5 Å². The molecule has 0 bridgehead atoms. The van der Waals surface area contributed by atoms with Crippen LogP contribution in [0.15, 0.2) is 47.4 Å². The number of halogens is 1. The Balaban J connectivity index is 1.60. The number of aliphatic hydroxyl groups is 1. The number of hydrogen-bond donors (Lipinski definition) is 1. The first-order chi connectivity index (χ1) is 12.5. The number of carbonyl (C=O) groups excluding carboxylic acids is 1. The SMILES string of the molecule is Cn1cc2c(c(Cl)c1=O)C(O)N(CCc1ccc3ccccc3n1)C2=O. The van der Waals surface area contributed by atoms with Crippen LogP contribution in [-0.2, 0) is 13.5 Å². The molecule has 0 aliphatic carbocycles. The van der Waals surface area contributed by atoms with Crippen molar-refractivity contribution in [3.05, 3.63) is 74.8 Å². The fraction of sp³-hybridized carbons (Fsp3) is 0.211. The summed E-state index contributed by atoms with van der Waals surface area (Å²) in [5.74, 6) is -0.342. The second kappa shape index (κ2) is 6.23. The highest BCUT2D eigenvalue weighted by Crippen LogP contribution is 2.34. The topological polar surface area (TPSA) is 75.4 Å². The van der Waals surface area contributed by atoms with Gasteiger partial charge in [-0.2, -0.15) is 0 Å². The van der Waals surface area contributed by atoms with Gasteiger partial charge in [-0.3, -0.25) is 14.6 Å². The predicted octanol–water partition coefficient (Wildman–Crippen LogP) is 2.28. The van der Waals surface area contributed by atoms with Gasteiger partial charge in [-0.1, -0.05) is 35.9 Å². The summed E-state index contributed by atoms with van der Waals surface area (Å²) in [7, 11) is 1.52. The van der Waals surface area contributed by atoms with Gasteiger partial charge >= 0.3 is 0 Å². The van der Waals surface area contributed by atoms with Gasteiger partial charge in [0.05, 0.1) is 11.1 Å². The van der Waals surface area contributed by atoms with Crippen molar-refractivity contribution in [3.63, 3.8) is 0 Å². The molecule has 26 heavy (non-hydrogen) atoms. The predicted molar refractivity (Wildman–Crippen MR) is 98.1 cm³/mol. The molecule has 3 heterocycles. The Hall–Kier alpha value is -2.70. The van der Waals surface area contributed by atoms with E-state index >= 15 is 0 Å². The van der Waals surface area contributed by atoms with E-state index in [-0.39, 0.29) is 28.6 Å². The fourth-order valence-corrected chi connectivity index (χ4v) is 3.59. The summed E-state index contributed by atoms with van der Waals surface area (Å²) in [5.41, 5.74) is 1.71. The van der Waals surface area contributed by atoms with Crippen molar-refractivity contribution in [2.45, 2.75) is 12.6 Å². The van der Waals surface area contributed by atoms with E-state index in [1.807, 2.05) is 36.4 Å². The second-order valence-electron chi connectivity index (χ2n) is 6.30. The average Bonchev–Trinajstić information content (AvgIpc) is 2.88. The summed E-state index contributed by atoms with van der Waals surface area (Å²) < 4.78 is 1.25. The molecule has 3 aromatic rings. The monoisotopic (exact) mass is 369 g/mol. The Labute approximate surface area is 154 Å². The molecule has 4 rings (SSSR count). The van der Waals surface area contributed by atoms with Crippen LogP contribution < -0.4 is 5.56 Å². The fourth-order valence-electron chi connectivity index (χ4n) is 3.26. The minimum Gasteiger partial charge on any atom is -0.369 e. The molecular weight excluding hydrogens is 354 g/mol. The molecule has 0 spiro atoms. The van der Waals surface area contributed by atoms with Gasteiger partial charge in [0.15, 0.2) is 6.23 Å². The minimum atomic E-state index is -1.22. The third-order valence-corrected chi connectivity index (χ3v) is 5.03. The Bertz CT molecular complexity index is 1090. The van der Waals surface area contributed by atoms with Crippen LogP contribution in [0, 0.1) is 0 Å². The van der Waals surface area contributed by atoms with Crippen LogP contribution >= 0.6 is 11.6 Å². The molecule has 7 heteroatoms. The quantitative estimate of drug-likeness (QED) is 0.768. The molecule has 1 unspecified atom stereocenters. The molecule has 2 aromatic heterocycles. The smallest absolute Gasteiger partial charge is 0.269 e. The maximum absolute atomic E-state index is 12.6. The summed E-state index contributed by atoms with van der Waals surface area (Å²) in [6.45, 7) is 0.272. The maximum atomic E-state index is 12.6. The number of benzene rings is 1.